The van der Waals surface area contributed by atoms with E-state index >= 15 is 0 Å². The minimum atomic E-state index is 0. The lowest BCUT2D eigenvalue weighted by Gasteiger charge is -2.09. The van der Waals surface area contributed by atoms with Crippen LogP contribution in [0.15, 0.2) is 18.3 Å². The average molecular weight is 242 g/mol. The SMILES string of the molecule is Cc1ccc(NC(=O)C2CCNC2)cn1.Cl. The third-order valence-electron chi connectivity index (χ3n) is 2.61. The number of aromatic nitrogens is 1. The molecule has 4 nitrogen and oxygen atoms in total. The molecule has 2 N–H and O–H groups in total. The predicted molar refractivity (Wildman–Crippen MR) is 65.8 cm³/mol. The highest BCUT2D eigenvalue weighted by atomic mass is 35.5. The van der Waals surface area contributed by atoms with E-state index in [1.54, 1.807) is 6.20 Å². The van der Waals surface area contributed by atoms with Gasteiger partial charge in [-0.1, -0.05) is 0 Å². The average Bonchev–Trinajstić information content (AvgIpc) is 2.74. The number of nitrogens with one attached hydrogen (secondary N) is 2. The summed E-state index contributed by atoms with van der Waals surface area (Å²) in [5.41, 5.74) is 1.73. The quantitative estimate of drug-likeness (QED) is 0.822. The Labute approximate surface area is 101 Å². The summed E-state index contributed by atoms with van der Waals surface area (Å²) in [5.74, 6) is 0.192. The van der Waals surface area contributed by atoms with Gasteiger partial charge in [-0.2, -0.15) is 0 Å². The van der Waals surface area contributed by atoms with Gasteiger partial charge in [0.1, 0.15) is 0 Å². The molecule has 1 aromatic heterocycles. The summed E-state index contributed by atoms with van der Waals surface area (Å²) in [7, 11) is 0. The van der Waals surface area contributed by atoms with Crippen LogP contribution in [0.25, 0.3) is 0 Å². The Morgan fingerprint density at radius 3 is 2.94 bits per heavy atom. The summed E-state index contributed by atoms with van der Waals surface area (Å²) in [6.45, 7) is 3.64. The van der Waals surface area contributed by atoms with Gasteiger partial charge < -0.3 is 10.6 Å². The van der Waals surface area contributed by atoms with Gasteiger partial charge in [0.2, 0.25) is 5.91 Å². The second kappa shape index (κ2) is 5.82. The second-order valence-electron chi connectivity index (χ2n) is 3.87. The summed E-state index contributed by atoms with van der Waals surface area (Å²) < 4.78 is 0. The van der Waals surface area contributed by atoms with E-state index in [4.69, 9.17) is 0 Å². The van der Waals surface area contributed by atoms with Crippen LogP contribution in [0.3, 0.4) is 0 Å². The van der Waals surface area contributed by atoms with Crippen molar-refractivity contribution in [2.75, 3.05) is 18.4 Å². The summed E-state index contributed by atoms with van der Waals surface area (Å²) in [6, 6.07) is 3.77. The molecule has 1 aliphatic heterocycles. The lowest BCUT2D eigenvalue weighted by atomic mass is 10.1. The van der Waals surface area contributed by atoms with E-state index in [1.807, 2.05) is 19.1 Å². The molecule has 0 radical (unpaired) electrons. The van der Waals surface area contributed by atoms with Crippen molar-refractivity contribution in [2.24, 2.45) is 5.92 Å². The number of hydrogen-bond acceptors (Lipinski definition) is 3. The first-order valence-corrected chi connectivity index (χ1v) is 5.20. The van der Waals surface area contributed by atoms with E-state index in [0.717, 1.165) is 30.9 Å². The largest absolute Gasteiger partial charge is 0.324 e. The van der Waals surface area contributed by atoms with Crippen LogP contribution in [0.5, 0.6) is 0 Å². The van der Waals surface area contributed by atoms with Crippen molar-refractivity contribution in [3.05, 3.63) is 24.0 Å². The third-order valence-corrected chi connectivity index (χ3v) is 2.61. The lowest BCUT2D eigenvalue weighted by Crippen LogP contribution is -2.24. The number of hydrogen-bond donors (Lipinski definition) is 2. The minimum Gasteiger partial charge on any atom is -0.324 e. The number of carbonyl (C=O) groups excluding carboxylic acids is 1. The van der Waals surface area contributed by atoms with E-state index in [1.165, 1.54) is 0 Å². The topological polar surface area (TPSA) is 54.0 Å². The van der Waals surface area contributed by atoms with Crippen LogP contribution in [0, 0.1) is 12.8 Å². The fourth-order valence-corrected chi connectivity index (χ4v) is 1.66. The molecule has 1 aliphatic rings. The van der Waals surface area contributed by atoms with Crippen LogP contribution in [0.1, 0.15) is 12.1 Å². The maximum atomic E-state index is 11.7. The van der Waals surface area contributed by atoms with Gasteiger partial charge in [-0.25, -0.2) is 0 Å². The highest BCUT2D eigenvalue weighted by Crippen LogP contribution is 2.12. The number of carbonyl (C=O) groups is 1. The van der Waals surface area contributed by atoms with Crippen molar-refractivity contribution in [2.45, 2.75) is 13.3 Å². The number of amides is 1. The van der Waals surface area contributed by atoms with E-state index in [9.17, 15) is 4.79 Å². The molecule has 0 spiro atoms. The van der Waals surface area contributed by atoms with Crippen LogP contribution in [0.2, 0.25) is 0 Å². The van der Waals surface area contributed by atoms with Gasteiger partial charge in [0.05, 0.1) is 17.8 Å². The summed E-state index contributed by atoms with van der Waals surface area (Å²) >= 11 is 0. The Morgan fingerprint density at radius 1 is 1.56 bits per heavy atom. The van der Waals surface area contributed by atoms with Gasteiger partial charge >= 0.3 is 0 Å². The fraction of sp³-hybridized carbons (Fsp3) is 0.455. The number of aryl methyl sites for hydroxylation is 1. The van der Waals surface area contributed by atoms with Crippen molar-refractivity contribution in [1.82, 2.24) is 10.3 Å². The van der Waals surface area contributed by atoms with Crippen molar-refractivity contribution in [3.8, 4) is 0 Å². The number of rotatable bonds is 2. The minimum absolute atomic E-state index is 0. The van der Waals surface area contributed by atoms with Gasteiger partial charge in [0.25, 0.3) is 0 Å². The molecular formula is C11H16ClN3O. The summed E-state index contributed by atoms with van der Waals surface area (Å²) in [4.78, 5) is 15.8. The molecule has 1 fully saturated rings. The van der Waals surface area contributed by atoms with E-state index in [2.05, 4.69) is 15.6 Å². The van der Waals surface area contributed by atoms with Gasteiger partial charge in [-0.15, -0.1) is 12.4 Å². The van der Waals surface area contributed by atoms with Crippen LogP contribution in [-0.4, -0.2) is 24.0 Å². The lowest BCUT2D eigenvalue weighted by molar-refractivity contribution is -0.119. The molecule has 2 rings (SSSR count). The van der Waals surface area contributed by atoms with Crippen LogP contribution < -0.4 is 10.6 Å². The third kappa shape index (κ3) is 3.18. The van der Waals surface area contributed by atoms with Crippen molar-refractivity contribution >= 4 is 24.0 Å². The molecule has 1 aromatic rings. The zero-order valence-corrected chi connectivity index (χ0v) is 10.0. The molecule has 1 saturated heterocycles. The highest BCUT2D eigenvalue weighted by molar-refractivity contribution is 5.92. The molecule has 1 amide bonds. The summed E-state index contributed by atoms with van der Waals surface area (Å²) in [6.07, 6.45) is 2.61. The zero-order chi connectivity index (χ0) is 10.7. The van der Waals surface area contributed by atoms with E-state index < -0.39 is 0 Å². The number of halogens is 1. The molecular weight excluding hydrogens is 226 g/mol. The number of nitrogens with zero attached hydrogens (tertiary/aromatic N) is 1. The smallest absolute Gasteiger partial charge is 0.228 e. The van der Waals surface area contributed by atoms with Gasteiger partial charge in [0, 0.05) is 12.2 Å². The molecule has 1 atom stereocenters. The van der Waals surface area contributed by atoms with Crippen LogP contribution >= 0.6 is 12.4 Å². The van der Waals surface area contributed by atoms with Crippen molar-refractivity contribution in [3.63, 3.8) is 0 Å². The Balaban J connectivity index is 0.00000128. The Kier molecular flexibility index (Phi) is 4.71. The second-order valence-corrected chi connectivity index (χ2v) is 3.87. The zero-order valence-electron chi connectivity index (χ0n) is 9.19. The molecule has 0 saturated carbocycles. The fourth-order valence-electron chi connectivity index (χ4n) is 1.66. The normalized spacial score (nSPS) is 18.9. The first-order valence-electron chi connectivity index (χ1n) is 5.20. The standard InChI is InChI=1S/C11H15N3O.ClH/c1-8-2-3-10(7-13-8)14-11(15)9-4-5-12-6-9;/h2-3,7,9,12H,4-6H2,1H3,(H,14,15);1H. The molecule has 0 aliphatic carbocycles. The van der Waals surface area contributed by atoms with E-state index in [0.29, 0.717) is 0 Å². The van der Waals surface area contributed by atoms with Gasteiger partial charge in [-0.3, -0.25) is 9.78 Å². The molecule has 16 heavy (non-hydrogen) atoms. The predicted octanol–water partition coefficient (Wildman–Crippen LogP) is 1.36. The van der Waals surface area contributed by atoms with Crippen molar-refractivity contribution in [1.29, 1.82) is 0 Å². The Bertz CT molecular complexity index is 347. The molecule has 2 heterocycles. The number of pyridine rings is 1. The van der Waals surface area contributed by atoms with Crippen LogP contribution in [-0.2, 0) is 4.79 Å². The first-order chi connectivity index (χ1) is 7.25. The van der Waals surface area contributed by atoms with Crippen molar-refractivity contribution < 1.29 is 4.79 Å². The maximum Gasteiger partial charge on any atom is 0.228 e. The van der Waals surface area contributed by atoms with Gasteiger partial charge in [0.15, 0.2) is 0 Å². The maximum absolute atomic E-state index is 11.7. The van der Waals surface area contributed by atoms with E-state index in [-0.39, 0.29) is 24.2 Å². The summed E-state index contributed by atoms with van der Waals surface area (Å²) in [5, 5.41) is 6.04. The van der Waals surface area contributed by atoms with Crippen LogP contribution in [0.4, 0.5) is 5.69 Å². The number of anilines is 1. The Hall–Kier alpha value is -1.13. The first kappa shape index (κ1) is 12.9. The molecule has 88 valence electrons. The molecule has 5 heteroatoms. The Morgan fingerprint density at radius 2 is 2.38 bits per heavy atom. The molecule has 0 bridgehead atoms. The van der Waals surface area contributed by atoms with Gasteiger partial charge in [-0.05, 0) is 32.0 Å². The molecule has 1 unspecified atom stereocenters. The monoisotopic (exact) mass is 241 g/mol. The highest BCUT2D eigenvalue weighted by Gasteiger charge is 2.22. The molecule has 0 aromatic carbocycles.